The fraction of sp³-hybridized carbons (Fsp3) is 0.435. The van der Waals surface area contributed by atoms with Crippen LogP contribution in [0.5, 0.6) is 0 Å². The number of piperazine rings is 1. The predicted molar refractivity (Wildman–Crippen MR) is 131 cm³/mol. The molecule has 180 valence electrons. The van der Waals surface area contributed by atoms with E-state index in [4.69, 9.17) is 23.1 Å². The minimum Gasteiger partial charge on any atom is -0.405 e. The van der Waals surface area contributed by atoms with Gasteiger partial charge in [-0.1, -0.05) is 24.2 Å². The van der Waals surface area contributed by atoms with E-state index >= 15 is 0 Å². The maximum Gasteiger partial charge on any atom is 0.243 e. The van der Waals surface area contributed by atoms with Gasteiger partial charge in [0.15, 0.2) is 0 Å². The number of halogens is 1. The number of likely N-dealkylation sites (tertiary alicyclic amines) is 1. The molecule has 0 radical (unpaired) electrons. The molecule has 2 fully saturated rings. The largest absolute Gasteiger partial charge is 0.405 e. The average molecular weight is 494 g/mol. The summed E-state index contributed by atoms with van der Waals surface area (Å²) in [6, 6.07) is 6.26. The molecule has 0 spiro atoms. The Morgan fingerprint density at radius 3 is 2.39 bits per heavy atom. The summed E-state index contributed by atoms with van der Waals surface area (Å²) in [4.78, 5) is 17.3. The van der Waals surface area contributed by atoms with E-state index in [1.807, 2.05) is 6.08 Å². The first-order chi connectivity index (χ1) is 15.7. The van der Waals surface area contributed by atoms with E-state index in [-0.39, 0.29) is 29.8 Å². The molecule has 33 heavy (non-hydrogen) atoms. The number of nitrogens with zero attached hydrogens (tertiary/aromatic N) is 3. The van der Waals surface area contributed by atoms with Gasteiger partial charge in [-0.25, -0.2) is 8.42 Å². The molecule has 0 aromatic heterocycles. The zero-order valence-electron chi connectivity index (χ0n) is 18.7. The molecule has 0 saturated carbocycles. The summed E-state index contributed by atoms with van der Waals surface area (Å²) in [5, 5.41) is 0.380. The van der Waals surface area contributed by atoms with Gasteiger partial charge in [0.2, 0.25) is 15.9 Å². The smallest absolute Gasteiger partial charge is 0.243 e. The van der Waals surface area contributed by atoms with Crippen molar-refractivity contribution in [2.45, 2.75) is 17.7 Å². The highest BCUT2D eigenvalue weighted by atomic mass is 35.5. The fourth-order valence-corrected chi connectivity index (χ4v) is 6.01. The maximum atomic E-state index is 13.1. The number of benzene rings is 1. The van der Waals surface area contributed by atoms with Crippen molar-refractivity contribution in [2.24, 2.45) is 17.4 Å². The van der Waals surface area contributed by atoms with Gasteiger partial charge in [0, 0.05) is 49.4 Å². The van der Waals surface area contributed by atoms with Crippen molar-refractivity contribution in [3.63, 3.8) is 0 Å². The molecule has 1 aromatic rings. The number of allylic oxidation sites excluding steroid dienone is 1. The van der Waals surface area contributed by atoms with Crippen molar-refractivity contribution in [1.29, 1.82) is 0 Å². The van der Waals surface area contributed by atoms with Crippen LogP contribution in [0.4, 0.5) is 0 Å². The number of carbonyl (C=O) groups excluding carboxylic acids is 1. The van der Waals surface area contributed by atoms with Crippen LogP contribution in [-0.2, 0) is 14.8 Å². The number of amides is 1. The van der Waals surface area contributed by atoms with Gasteiger partial charge in [-0.2, -0.15) is 4.31 Å². The second kappa shape index (κ2) is 11.2. The van der Waals surface area contributed by atoms with Crippen molar-refractivity contribution >= 4 is 27.5 Å². The van der Waals surface area contributed by atoms with Crippen molar-refractivity contribution < 1.29 is 13.2 Å². The summed E-state index contributed by atoms with van der Waals surface area (Å²) < 4.78 is 27.2. The Labute approximate surface area is 201 Å². The van der Waals surface area contributed by atoms with Crippen molar-refractivity contribution in [1.82, 2.24) is 14.1 Å². The van der Waals surface area contributed by atoms with E-state index < -0.39 is 10.0 Å². The number of hydrogen-bond acceptors (Lipinski definition) is 6. The Bertz CT molecular complexity index is 1020. The Hall–Kier alpha value is -2.33. The molecule has 2 aliphatic rings. The lowest BCUT2D eigenvalue weighted by molar-refractivity contribution is -0.138. The number of hydrogen-bond donors (Lipinski definition) is 2. The van der Waals surface area contributed by atoms with Gasteiger partial charge in [0.25, 0.3) is 0 Å². The first-order valence-electron chi connectivity index (χ1n) is 11.0. The molecule has 0 unspecified atom stereocenters. The summed E-state index contributed by atoms with van der Waals surface area (Å²) in [6.45, 7) is 7.35. The minimum atomic E-state index is -3.62. The topological polar surface area (TPSA) is 113 Å². The van der Waals surface area contributed by atoms with Crippen LogP contribution < -0.4 is 11.5 Å². The van der Waals surface area contributed by atoms with Gasteiger partial charge < -0.3 is 16.4 Å². The summed E-state index contributed by atoms with van der Waals surface area (Å²) >= 11 is 5.96. The van der Waals surface area contributed by atoms with Crippen LogP contribution in [0, 0.1) is 5.92 Å². The zero-order valence-corrected chi connectivity index (χ0v) is 20.3. The highest BCUT2D eigenvalue weighted by Gasteiger charge is 2.34. The molecule has 8 nitrogen and oxygen atoms in total. The minimum absolute atomic E-state index is 0.0423. The van der Waals surface area contributed by atoms with Crippen molar-refractivity contribution in [3.05, 3.63) is 65.5 Å². The molecule has 1 amide bonds. The summed E-state index contributed by atoms with van der Waals surface area (Å²) in [5.74, 6) is 0.0710. The van der Waals surface area contributed by atoms with Crippen LogP contribution in [0.2, 0.25) is 5.02 Å². The van der Waals surface area contributed by atoms with Gasteiger partial charge >= 0.3 is 0 Å². The Kier molecular flexibility index (Phi) is 8.58. The van der Waals surface area contributed by atoms with E-state index in [0.29, 0.717) is 30.4 Å². The number of sulfonamides is 1. The van der Waals surface area contributed by atoms with Crippen LogP contribution in [0.25, 0.3) is 0 Å². The number of rotatable bonds is 7. The highest BCUT2D eigenvalue weighted by Crippen LogP contribution is 2.24. The van der Waals surface area contributed by atoms with Gasteiger partial charge in [-0.15, -0.1) is 0 Å². The molecule has 2 saturated heterocycles. The normalized spacial score (nSPS) is 19.8. The first-order valence-corrected chi connectivity index (χ1v) is 12.8. The Morgan fingerprint density at radius 2 is 1.82 bits per heavy atom. The Balaban J connectivity index is 1.51. The van der Waals surface area contributed by atoms with E-state index in [2.05, 4.69) is 11.5 Å². The molecule has 0 aliphatic carbocycles. The van der Waals surface area contributed by atoms with Crippen molar-refractivity contribution in [2.75, 3.05) is 45.8 Å². The highest BCUT2D eigenvalue weighted by molar-refractivity contribution is 7.89. The lowest BCUT2D eigenvalue weighted by atomic mass is 9.94. The van der Waals surface area contributed by atoms with Crippen LogP contribution in [0.3, 0.4) is 0 Å². The third kappa shape index (κ3) is 6.60. The maximum absolute atomic E-state index is 13.1. The monoisotopic (exact) mass is 493 g/mol. The summed E-state index contributed by atoms with van der Waals surface area (Å²) in [5.41, 5.74) is 12.7. The molecule has 10 heteroatoms. The van der Waals surface area contributed by atoms with E-state index in [1.165, 1.54) is 16.6 Å². The van der Waals surface area contributed by atoms with Gasteiger partial charge in [-0.05, 0) is 68.1 Å². The van der Waals surface area contributed by atoms with Crippen LogP contribution >= 0.6 is 11.6 Å². The third-order valence-corrected chi connectivity index (χ3v) is 8.14. The van der Waals surface area contributed by atoms with Crippen LogP contribution in [0.1, 0.15) is 12.8 Å². The summed E-state index contributed by atoms with van der Waals surface area (Å²) in [6.07, 6.45) is 6.63. The third-order valence-electron chi connectivity index (χ3n) is 6.01. The standard InChI is InChI=1S/C23H32ClN5O3S/c1-18(26)15-19(5-8-25)17-27-9-6-20(7-10-27)23(30)28-11-13-29(14-12-28)33(31,32)22-4-2-3-21(24)16-22/h2-5,8,15-16,20H,1,6-7,9-14,17,25-26H2/b8-5-,19-15+. The molecule has 0 bridgehead atoms. The lowest BCUT2D eigenvalue weighted by Crippen LogP contribution is -2.52. The summed E-state index contributed by atoms with van der Waals surface area (Å²) in [7, 11) is -3.62. The molecule has 0 atom stereocenters. The van der Waals surface area contributed by atoms with Gasteiger partial charge in [0.05, 0.1) is 4.90 Å². The quantitative estimate of drug-likeness (QED) is 0.559. The molecule has 2 aliphatic heterocycles. The average Bonchev–Trinajstić information content (AvgIpc) is 2.79. The van der Waals surface area contributed by atoms with Crippen molar-refractivity contribution in [3.8, 4) is 0 Å². The predicted octanol–water partition coefficient (Wildman–Crippen LogP) is 1.76. The van der Waals surface area contributed by atoms with E-state index in [9.17, 15) is 13.2 Å². The Morgan fingerprint density at radius 1 is 1.15 bits per heavy atom. The molecule has 1 aromatic carbocycles. The lowest BCUT2D eigenvalue weighted by Gasteiger charge is -2.38. The van der Waals surface area contributed by atoms with E-state index in [0.717, 1.165) is 31.5 Å². The number of carbonyl (C=O) groups is 1. The fourth-order valence-electron chi connectivity index (χ4n) is 4.29. The molecular formula is C23H32ClN5O3S. The van der Waals surface area contributed by atoms with Gasteiger partial charge in [0.1, 0.15) is 0 Å². The molecular weight excluding hydrogens is 462 g/mol. The number of nitrogens with two attached hydrogens (primary N) is 2. The first kappa shape index (κ1) is 25.3. The number of piperidine rings is 1. The molecule has 4 N–H and O–H groups in total. The second-order valence-electron chi connectivity index (χ2n) is 8.39. The van der Waals surface area contributed by atoms with E-state index in [1.54, 1.807) is 29.2 Å². The SMILES string of the molecule is C=C(N)/C=C(\C=C/N)CN1CCC(C(=O)N2CCN(S(=O)(=O)c3cccc(Cl)c3)CC2)CC1. The zero-order chi connectivity index (χ0) is 24.0. The molecule has 3 rings (SSSR count). The van der Waals surface area contributed by atoms with Crippen LogP contribution in [0.15, 0.2) is 65.4 Å². The van der Waals surface area contributed by atoms with Crippen LogP contribution in [-0.4, -0.2) is 74.2 Å². The molecule has 2 heterocycles. The van der Waals surface area contributed by atoms with Gasteiger partial charge in [-0.3, -0.25) is 9.69 Å². The second-order valence-corrected chi connectivity index (χ2v) is 10.8.